The van der Waals surface area contributed by atoms with Crippen molar-refractivity contribution < 1.29 is 19.1 Å². The largest absolute Gasteiger partial charge is 0.459 e. The zero-order valence-corrected chi connectivity index (χ0v) is 23.1. The number of benzene rings is 1. The quantitative estimate of drug-likeness (QED) is 0.155. The minimum atomic E-state index is -0.837. The number of hydrogen-bond acceptors (Lipinski definition) is 5. The summed E-state index contributed by atoms with van der Waals surface area (Å²) >= 11 is 0. The molecule has 37 heavy (non-hydrogen) atoms. The number of amides is 2. The summed E-state index contributed by atoms with van der Waals surface area (Å²) in [5.41, 5.74) is 1.67. The topological polar surface area (TPSA) is 96.5 Å². The van der Waals surface area contributed by atoms with Gasteiger partial charge in [0.15, 0.2) is 0 Å². The average Bonchev–Trinajstić information content (AvgIpc) is 2.92. The molecule has 7 heteroatoms. The van der Waals surface area contributed by atoms with Crippen LogP contribution in [-0.2, 0) is 20.7 Å². The molecule has 1 aliphatic heterocycles. The molecule has 208 valence electrons. The van der Waals surface area contributed by atoms with Gasteiger partial charge in [0.05, 0.1) is 6.61 Å². The highest BCUT2D eigenvalue weighted by Crippen LogP contribution is 2.20. The van der Waals surface area contributed by atoms with E-state index in [0.29, 0.717) is 18.5 Å². The molecule has 0 spiro atoms. The molecule has 0 saturated carbocycles. The molecular formula is C30H49N3O4. The van der Waals surface area contributed by atoms with E-state index in [0.717, 1.165) is 44.3 Å². The van der Waals surface area contributed by atoms with Gasteiger partial charge in [-0.3, -0.25) is 9.59 Å². The van der Waals surface area contributed by atoms with Gasteiger partial charge in [-0.15, -0.1) is 0 Å². The maximum atomic E-state index is 12.5. The van der Waals surface area contributed by atoms with Crippen LogP contribution in [0.25, 0.3) is 0 Å². The van der Waals surface area contributed by atoms with Gasteiger partial charge in [-0.25, -0.2) is 4.79 Å². The van der Waals surface area contributed by atoms with Gasteiger partial charge in [0, 0.05) is 18.2 Å². The number of esters is 1. The van der Waals surface area contributed by atoms with Crippen molar-refractivity contribution in [3.8, 4) is 0 Å². The minimum Gasteiger partial charge on any atom is -0.459 e. The number of carbonyl (C=O) groups is 3. The SMILES string of the molecule is CCCCCCCCCCCCNC(=O)c1ccc(CC(NC(=O)C(=O)OCC)C2CCNCC2)cc1. The molecule has 7 nitrogen and oxygen atoms in total. The summed E-state index contributed by atoms with van der Waals surface area (Å²) in [5.74, 6) is -1.29. The molecule has 1 aromatic rings. The van der Waals surface area contributed by atoms with Crippen LogP contribution in [0, 0.1) is 5.92 Å². The van der Waals surface area contributed by atoms with Crippen molar-refractivity contribution in [3.05, 3.63) is 35.4 Å². The smallest absolute Gasteiger partial charge is 0.396 e. The number of hydrogen-bond donors (Lipinski definition) is 3. The number of unbranched alkanes of at least 4 members (excludes halogenated alkanes) is 9. The molecule has 0 bridgehead atoms. The lowest BCUT2D eigenvalue weighted by Gasteiger charge is -2.31. The average molecular weight is 516 g/mol. The maximum absolute atomic E-state index is 12.5. The molecule has 1 atom stereocenters. The Balaban J connectivity index is 1.74. The first kappa shape index (κ1) is 30.8. The van der Waals surface area contributed by atoms with E-state index in [4.69, 9.17) is 4.74 Å². The van der Waals surface area contributed by atoms with Gasteiger partial charge in [0.25, 0.3) is 5.91 Å². The Morgan fingerprint density at radius 3 is 2.08 bits per heavy atom. The lowest BCUT2D eigenvalue weighted by Crippen LogP contribution is -2.48. The molecule has 1 fully saturated rings. The number of nitrogens with one attached hydrogen (secondary N) is 3. The highest BCUT2D eigenvalue weighted by Gasteiger charge is 2.28. The van der Waals surface area contributed by atoms with Gasteiger partial charge in [-0.2, -0.15) is 0 Å². The van der Waals surface area contributed by atoms with E-state index in [1.807, 2.05) is 24.3 Å². The zero-order valence-electron chi connectivity index (χ0n) is 23.1. The van der Waals surface area contributed by atoms with E-state index >= 15 is 0 Å². The fraction of sp³-hybridized carbons (Fsp3) is 0.700. The second-order valence-corrected chi connectivity index (χ2v) is 10.2. The fourth-order valence-electron chi connectivity index (χ4n) is 4.97. The summed E-state index contributed by atoms with van der Waals surface area (Å²) in [6, 6.07) is 7.42. The van der Waals surface area contributed by atoms with Crippen molar-refractivity contribution in [1.29, 1.82) is 0 Å². The number of rotatable bonds is 17. The zero-order chi connectivity index (χ0) is 26.7. The maximum Gasteiger partial charge on any atom is 0.396 e. The Bertz CT molecular complexity index is 791. The Hall–Kier alpha value is -2.41. The summed E-state index contributed by atoms with van der Waals surface area (Å²) in [4.78, 5) is 36.7. The predicted molar refractivity (Wildman–Crippen MR) is 148 cm³/mol. The summed E-state index contributed by atoms with van der Waals surface area (Å²) in [7, 11) is 0. The van der Waals surface area contributed by atoms with Crippen LogP contribution in [-0.4, -0.2) is 50.1 Å². The Morgan fingerprint density at radius 2 is 1.49 bits per heavy atom. The molecule has 3 N–H and O–H groups in total. The first-order valence-corrected chi connectivity index (χ1v) is 14.6. The first-order chi connectivity index (χ1) is 18.0. The summed E-state index contributed by atoms with van der Waals surface area (Å²) in [6.45, 7) is 6.61. The molecule has 0 aromatic heterocycles. The van der Waals surface area contributed by atoms with Gasteiger partial charge in [-0.1, -0.05) is 76.8 Å². The fourth-order valence-corrected chi connectivity index (χ4v) is 4.97. The molecule has 1 aromatic carbocycles. The van der Waals surface area contributed by atoms with Crippen LogP contribution in [0.5, 0.6) is 0 Å². The van der Waals surface area contributed by atoms with Crippen LogP contribution in [0.4, 0.5) is 0 Å². The van der Waals surface area contributed by atoms with E-state index in [1.165, 1.54) is 51.4 Å². The predicted octanol–water partition coefficient (Wildman–Crippen LogP) is 4.93. The highest BCUT2D eigenvalue weighted by molar-refractivity contribution is 6.32. The lowest BCUT2D eigenvalue weighted by atomic mass is 9.86. The molecule has 2 amide bonds. The molecule has 1 heterocycles. The first-order valence-electron chi connectivity index (χ1n) is 14.6. The van der Waals surface area contributed by atoms with Crippen LogP contribution in [0.15, 0.2) is 24.3 Å². The van der Waals surface area contributed by atoms with Gasteiger partial charge < -0.3 is 20.7 Å². The third-order valence-corrected chi connectivity index (χ3v) is 7.22. The Morgan fingerprint density at radius 1 is 0.892 bits per heavy atom. The molecule has 0 aliphatic carbocycles. The van der Waals surface area contributed by atoms with E-state index in [9.17, 15) is 14.4 Å². The van der Waals surface area contributed by atoms with Crippen molar-refractivity contribution in [2.24, 2.45) is 5.92 Å². The molecule has 1 saturated heterocycles. The van der Waals surface area contributed by atoms with Crippen LogP contribution < -0.4 is 16.0 Å². The van der Waals surface area contributed by atoms with E-state index in [-0.39, 0.29) is 24.5 Å². The third-order valence-electron chi connectivity index (χ3n) is 7.22. The second kappa shape index (κ2) is 18.8. The normalized spacial score (nSPS) is 14.6. The Kier molecular flexibility index (Phi) is 15.6. The summed E-state index contributed by atoms with van der Waals surface area (Å²) in [5, 5.41) is 9.28. The van der Waals surface area contributed by atoms with Crippen molar-refractivity contribution >= 4 is 17.8 Å². The van der Waals surface area contributed by atoms with Gasteiger partial charge in [0.1, 0.15) is 0 Å². The summed E-state index contributed by atoms with van der Waals surface area (Å²) < 4.78 is 4.86. The number of piperidine rings is 1. The monoisotopic (exact) mass is 515 g/mol. The standard InChI is InChI=1S/C30H49N3O4/c1-3-5-6-7-8-9-10-11-12-13-20-32-28(34)26-16-14-24(15-17-26)23-27(25-18-21-31-22-19-25)33-29(35)30(36)37-4-2/h14-17,25,27,31H,3-13,18-23H2,1-2H3,(H,32,34)(H,33,35). The minimum absolute atomic E-state index is 0.0482. The molecule has 0 radical (unpaired) electrons. The van der Waals surface area contributed by atoms with Crippen LogP contribution in [0.2, 0.25) is 0 Å². The summed E-state index contributed by atoms with van der Waals surface area (Å²) in [6.07, 6.45) is 15.2. The van der Waals surface area contributed by atoms with Crippen molar-refractivity contribution in [2.75, 3.05) is 26.2 Å². The second-order valence-electron chi connectivity index (χ2n) is 10.2. The van der Waals surface area contributed by atoms with Crippen molar-refractivity contribution in [1.82, 2.24) is 16.0 Å². The molecule has 1 unspecified atom stereocenters. The molecule has 2 rings (SSSR count). The lowest BCUT2D eigenvalue weighted by molar-refractivity contribution is -0.155. The number of carbonyl (C=O) groups excluding carboxylic acids is 3. The molecule has 1 aliphatic rings. The van der Waals surface area contributed by atoms with E-state index in [2.05, 4.69) is 22.9 Å². The van der Waals surface area contributed by atoms with Crippen LogP contribution >= 0.6 is 0 Å². The third kappa shape index (κ3) is 12.6. The van der Waals surface area contributed by atoms with Gasteiger partial charge in [-0.05, 0) is 69.3 Å². The Labute approximate surface area is 223 Å². The van der Waals surface area contributed by atoms with Crippen LogP contribution in [0.3, 0.4) is 0 Å². The van der Waals surface area contributed by atoms with Gasteiger partial charge >= 0.3 is 11.9 Å². The van der Waals surface area contributed by atoms with Crippen molar-refractivity contribution in [3.63, 3.8) is 0 Å². The van der Waals surface area contributed by atoms with Crippen LogP contribution in [0.1, 0.15) is 107 Å². The highest BCUT2D eigenvalue weighted by atomic mass is 16.5. The molecular weight excluding hydrogens is 466 g/mol. The van der Waals surface area contributed by atoms with E-state index < -0.39 is 11.9 Å². The van der Waals surface area contributed by atoms with Gasteiger partial charge in [0.2, 0.25) is 0 Å². The van der Waals surface area contributed by atoms with Crippen molar-refractivity contribution in [2.45, 2.75) is 103 Å². The van der Waals surface area contributed by atoms with E-state index in [1.54, 1.807) is 6.92 Å². The number of ether oxygens (including phenoxy) is 1.